The Kier molecular flexibility index (Phi) is 5.58. The molecular weight excluding hydrogens is 222 g/mol. The highest BCUT2D eigenvalue weighted by Gasteiger charge is 2.20. The number of carbonyl (C=O) groups is 1. The Morgan fingerprint density at radius 2 is 2.38 bits per heavy atom. The minimum Gasteiger partial charge on any atom is -0.385 e. The summed E-state index contributed by atoms with van der Waals surface area (Å²) in [7, 11) is 0. The van der Waals surface area contributed by atoms with Crippen LogP contribution in [-0.2, 0) is 9.53 Å². The van der Waals surface area contributed by atoms with Crippen molar-refractivity contribution in [3.05, 3.63) is 0 Å². The first-order chi connectivity index (χ1) is 7.59. The summed E-state index contributed by atoms with van der Waals surface area (Å²) in [4.78, 5) is 11.3. The molecule has 1 fully saturated rings. The molecule has 0 spiro atoms. The van der Waals surface area contributed by atoms with E-state index in [1.54, 1.807) is 0 Å². The molecule has 1 aliphatic rings. The summed E-state index contributed by atoms with van der Waals surface area (Å²) < 4.78 is 28.9. The van der Waals surface area contributed by atoms with Gasteiger partial charge in [-0.2, -0.15) is 0 Å². The molecule has 1 heterocycles. The molecule has 1 saturated heterocycles. The van der Waals surface area contributed by atoms with Gasteiger partial charge in [-0.15, -0.1) is 0 Å². The third-order valence-corrected chi connectivity index (χ3v) is 2.23. The molecule has 0 saturated carbocycles. The number of halogens is 2. The number of carbonyl (C=O) groups excluding carboxylic acids is 1. The fourth-order valence-corrected chi connectivity index (χ4v) is 1.35. The third kappa shape index (κ3) is 4.82. The number of hydrogen-bond donors (Lipinski definition) is 3. The summed E-state index contributed by atoms with van der Waals surface area (Å²) in [5.74, 6) is -0.372. The maximum atomic E-state index is 11.9. The van der Waals surface area contributed by atoms with Crippen LogP contribution in [0.4, 0.5) is 8.78 Å². The van der Waals surface area contributed by atoms with E-state index in [1.807, 2.05) is 0 Å². The maximum Gasteiger partial charge on any atom is 0.265 e. The van der Waals surface area contributed by atoms with Gasteiger partial charge in [-0.05, 0) is 0 Å². The number of alkyl halides is 2. The average molecular weight is 238 g/mol. The van der Waals surface area contributed by atoms with Gasteiger partial charge < -0.3 is 20.5 Å². The lowest BCUT2D eigenvalue weighted by Crippen LogP contribution is -2.45. The molecule has 0 aromatic carbocycles. The number of aliphatic hydroxyl groups excluding tert-OH is 1. The van der Waals surface area contributed by atoms with E-state index in [4.69, 9.17) is 9.84 Å². The van der Waals surface area contributed by atoms with Crippen LogP contribution in [0.3, 0.4) is 0 Å². The highest BCUT2D eigenvalue weighted by Crippen LogP contribution is 2.00. The van der Waals surface area contributed by atoms with E-state index in [2.05, 4.69) is 10.6 Å². The van der Waals surface area contributed by atoms with E-state index in [-0.39, 0.29) is 18.4 Å². The van der Waals surface area contributed by atoms with Crippen LogP contribution in [0.15, 0.2) is 0 Å². The molecular formula is C9H16F2N2O3. The van der Waals surface area contributed by atoms with E-state index in [1.165, 1.54) is 0 Å². The first kappa shape index (κ1) is 13.3. The van der Waals surface area contributed by atoms with Crippen LogP contribution >= 0.6 is 0 Å². The molecule has 1 aliphatic heterocycles. The molecule has 0 radical (unpaired) electrons. The molecule has 5 nitrogen and oxygen atoms in total. The minimum absolute atomic E-state index is 0.0857. The second-order valence-electron chi connectivity index (χ2n) is 3.64. The van der Waals surface area contributed by atoms with E-state index in [0.717, 1.165) is 0 Å². The Morgan fingerprint density at radius 1 is 1.62 bits per heavy atom. The summed E-state index contributed by atoms with van der Waals surface area (Å²) in [6.45, 7) is 1.30. The van der Waals surface area contributed by atoms with Crippen molar-refractivity contribution < 1.29 is 23.4 Å². The molecule has 0 bridgehead atoms. The minimum atomic E-state index is -2.84. The number of ether oxygens (including phenoxy) is 1. The SMILES string of the molecule is O=C(CC1COCCN1)NCC(O)C(F)F. The van der Waals surface area contributed by atoms with E-state index in [9.17, 15) is 13.6 Å². The highest BCUT2D eigenvalue weighted by atomic mass is 19.3. The summed E-state index contributed by atoms with van der Waals surface area (Å²) in [5, 5.41) is 14.1. The molecule has 1 rings (SSSR count). The van der Waals surface area contributed by atoms with Crippen molar-refractivity contribution >= 4 is 5.91 Å². The number of rotatable bonds is 5. The van der Waals surface area contributed by atoms with Crippen LogP contribution in [-0.4, -0.2) is 55.9 Å². The molecule has 94 valence electrons. The summed E-state index contributed by atoms with van der Waals surface area (Å²) in [6, 6.07) is -0.0857. The van der Waals surface area contributed by atoms with Crippen molar-refractivity contribution in [3.63, 3.8) is 0 Å². The molecule has 16 heavy (non-hydrogen) atoms. The van der Waals surface area contributed by atoms with E-state index < -0.39 is 19.1 Å². The number of amides is 1. The lowest BCUT2D eigenvalue weighted by atomic mass is 10.2. The Morgan fingerprint density at radius 3 is 2.94 bits per heavy atom. The Bertz CT molecular complexity index is 223. The monoisotopic (exact) mass is 238 g/mol. The maximum absolute atomic E-state index is 11.9. The van der Waals surface area contributed by atoms with Crippen LogP contribution in [0, 0.1) is 0 Å². The lowest BCUT2D eigenvalue weighted by Gasteiger charge is -2.23. The number of hydrogen-bond acceptors (Lipinski definition) is 4. The fraction of sp³-hybridized carbons (Fsp3) is 0.889. The van der Waals surface area contributed by atoms with E-state index in [0.29, 0.717) is 19.8 Å². The summed E-state index contributed by atoms with van der Waals surface area (Å²) in [6.07, 6.45) is -4.48. The topological polar surface area (TPSA) is 70.6 Å². The van der Waals surface area contributed by atoms with Gasteiger partial charge in [0.05, 0.1) is 13.2 Å². The zero-order valence-corrected chi connectivity index (χ0v) is 8.79. The molecule has 0 aromatic heterocycles. The number of morpholine rings is 1. The van der Waals surface area contributed by atoms with Crippen LogP contribution in [0.25, 0.3) is 0 Å². The van der Waals surface area contributed by atoms with Gasteiger partial charge in [-0.1, -0.05) is 0 Å². The smallest absolute Gasteiger partial charge is 0.265 e. The van der Waals surface area contributed by atoms with Crippen molar-refractivity contribution in [1.29, 1.82) is 0 Å². The van der Waals surface area contributed by atoms with Crippen LogP contribution < -0.4 is 10.6 Å². The molecule has 1 amide bonds. The van der Waals surface area contributed by atoms with Crippen molar-refractivity contribution in [2.75, 3.05) is 26.3 Å². The van der Waals surface area contributed by atoms with Crippen molar-refractivity contribution in [1.82, 2.24) is 10.6 Å². The highest BCUT2D eigenvalue weighted by molar-refractivity contribution is 5.76. The molecule has 2 unspecified atom stereocenters. The third-order valence-electron chi connectivity index (χ3n) is 2.23. The molecule has 7 heteroatoms. The fourth-order valence-electron chi connectivity index (χ4n) is 1.35. The van der Waals surface area contributed by atoms with Crippen molar-refractivity contribution in [2.24, 2.45) is 0 Å². The first-order valence-electron chi connectivity index (χ1n) is 5.13. The average Bonchev–Trinajstić information content (AvgIpc) is 2.27. The number of nitrogens with one attached hydrogen (secondary N) is 2. The Hall–Kier alpha value is -0.790. The van der Waals surface area contributed by atoms with Gasteiger partial charge in [-0.25, -0.2) is 8.78 Å². The van der Waals surface area contributed by atoms with Crippen LogP contribution in [0.2, 0.25) is 0 Å². The molecule has 0 aromatic rings. The van der Waals surface area contributed by atoms with Crippen molar-refractivity contribution in [2.45, 2.75) is 25.0 Å². The van der Waals surface area contributed by atoms with Gasteiger partial charge in [0.25, 0.3) is 6.43 Å². The van der Waals surface area contributed by atoms with E-state index >= 15 is 0 Å². The predicted octanol–water partition coefficient (Wildman–Crippen LogP) is -0.893. The molecule has 3 N–H and O–H groups in total. The second-order valence-corrected chi connectivity index (χ2v) is 3.64. The van der Waals surface area contributed by atoms with Gasteiger partial charge >= 0.3 is 0 Å². The van der Waals surface area contributed by atoms with Gasteiger partial charge in [0, 0.05) is 25.6 Å². The predicted molar refractivity (Wildman–Crippen MR) is 52.2 cm³/mol. The quantitative estimate of drug-likeness (QED) is 0.581. The second kappa shape index (κ2) is 6.72. The zero-order chi connectivity index (χ0) is 12.0. The van der Waals surface area contributed by atoms with Crippen LogP contribution in [0.5, 0.6) is 0 Å². The summed E-state index contributed by atoms with van der Waals surface area (Å²) >= 11 is 0. The standard InChI is InChI=1S/C9H16F2N2O3/c10-9(11)7(14)4-13-8(15)3-6-5-16-2-1-12-6/h6-7,9,12,14H,1-5H2,(H,13,15). The largest absolute Gasteiger partial charge is 0.385 e. The Labute approximate surface area is 92.2 Å². The normalized spacial score (nSPS) is 23.1. The van der Waals surface area contributed by atoms with Crippen LogP contribution in [0.1, 0.15) is 6.42 Å². The van der Waals surface area contributed by atoms with Gasteiger partial charge in [0.15, 0.2) is 0 Å². The first-order valence-corrected chi connectivity index (χ1v) is 5.13. The summed E-state index contributed by atoms with van der Waals surface area (Å²) in [5.41, 5.74) is 0. The zero-order valence-electron chi connectivity index (χ0n) is 8.79. The number of aliphatic hydroxyl groups is 1. The van der Waals surface area contributed by atoms with Gasteiger partial charge in [0.2, 0.25) is 5.91 Å². The van der Waals surface area contributed by atoms with Gasteiger partial charge in [0.1, 0.15) is 6.10 Å². The van der Waals surface area contributed by atoms with Crippen molar-refractivity contribution in [3.8, 4) is 0 Å². The molecule has 2 atom stereocenters. The van der Waals surface area contributed by atoms with Gasteiger partial charge in [-0.3, -0.25) is 4.79 Å². The lowest BCUT2D eigenvalue weighted by molar-refractivity contribution is -0.123. The Balaban J connectivity index is 2.14. The molecule has 0 aliphatic carbocycles.